The molecule has 0 saturated carbocycles. The van der Waals surface area contributed by atoms with Crippen LogP contribution in [0.1, 0.15) is 22.3 Å². The molecule has 1 heterocycles. The second-order valence-electron chi connectivity index (χ2n) is 8.30. The lowest BCUT2D eigenvalue weighted by molar-refractivity contribution is 1.07. The van der Waals surface area contributed by atoms with Crippen molar-refractivity contribution >= 4 is 24.2 Å². The van der Waals surface area contributed by atoms with Crippen LogP contribution in [0.15, 0.2) is 150 Å². The number of nitrogens with zero attached hydrogens (tertiary/aromatic N) is 3. The maximum Gasteiger partial charge on any atom is 0.0716 e. The van der Waals surface area contributed by atoms with Crippen molar-refractivity contribution in [3.63, 3.8) is 0 Å². The third kappa shape index (κ3) is 7.30. The van der Waals surface area contributed by atoms with Crippen molar-refractivity contribution in [2.24, 2.45) is 9.98 Å². The fourth-order valence-corrected chi connectivity index (χ4v) is 3.80. The predicted octanol–water partition coefficient (Wildman–Crippen LogP) is 8.24. The van der Waals surface area contributed by atoms with Crippen LogP contribution in [0, 0.1) is 0 Å². The number of allylic oxidation sites excluding steroid dienone is 5. The molecule has 0 bridgehead atoms. The van der Waals surface area contributed by atoms with E-state index in [1.165, 1.54) is 0 Å². The Bertz CT molecular complexity index is 1440. The lowest BCUT2D eigenvalue weighted by Gasteiger charge is -2.09. The minimum Gasteiger partial charge on any atom is -0.280 e. The third-order valence-corrected chi connectivity index (χ3v) is 5.73. The van der Waals surface area contributed by atoms with E-state index in [0.717, 1.165) is 44.8 Å². The summed E-state index contributed by atoms with van der Waals surface area (Å²) < 4.78 is 0. The molecular weight excluding hydrogens is 450 g/mol. The highest BCUT2D eigenvalue weighted by Crippen LogP contribution is 2.24. The Morgan fingerprint density at radius 3 is 2.32 bits per heavy atom. The van der Waals surface area contributed by atoms with E-state index in [4.69, 9.17) is 4.99 Å². The van der Waals surface area contributed by atoms with Gasteiger partial charge in [-0.1, -0.05) is 116 Å². The molecule has 0 aliphatic heterocycles. The zero-order valence-corrected chi connectivity index (χ0v) is 20.7. The summed E-state index contributed by atoms with van der Waals surface area (Å²) in [5.41, 5.74) is 7.97. The summed E-state index contributed by atoms with van der Waals surface area (Å²) in [6, 6.07) is 30.8. The van der Waals surface area contributed by atoms with E-state index in [2.05, 4.69) is 77.9 Å². The summed E-state index contributed by atoms with van der Waals surface area (Å²) >= 11 is 0. The molecule has 4 rings (SSSR count). The van der Waals surface area contributed by atoms with Gasteiger partial charge in [0, 0.05) is 23.5 Å². The van der Waals surface area contributed by atoms with Gasteiger partial charge in [0.05, 0.1) is 18.0 Å². The molecule has 180 valence electrons. The first-order chi connectivity index (χ1) is 18.3. The van der Waals surface area contributed by atoms with Gasteiger partial charge in [-0.05, 0) is 47.2 Å². The van der Waals surface area contributed by atoms with Crippen molar-refractivity contribution in [3.8, 4) is 11.1 Å². The molecule has 3 nitrogen and oxygen atoms in total. The lowest BCUT2D eigenvalue weighted by Crippen LogP contribution is -2.00. The van der Waals surface area contributed by atoms with E-state index in [1.54, 1.807) is 12.3 Å². The van der Waals surface area contributed by atoms with Gasteiger partial charge in [0.25, 0.3) is 0 Å². The number of aliphatic imine (C=N–C) groups is 2. The maximum absolute atomic E-state index is 4.98. The van der Waals surface area contributed by atoms with Crippen molar-refractivity contribution in [1.82, 2.24) is 4.98 Å². The van der Waals surface area contributed by atoms with E-state index < -0.39 is 0 Å². The van der Waals surface area contributed by atoms with Crippen molar-refractivity contribution in [3.05, 3.63) is 163 Å². The molecule has 0 aliphatic carbocycles. The maximum atomic E-state index is 4.98. The van der Waals surface area contributed by atoms with Crippen molar-refractivity contribution < 1.29 is 0 Å². The Labute approximate surface area is 219 Å². The molecule has 0 saturated heterocycles. The molecule has 4 aromatic rings. The summed E-state index contributed by atoms with van der Waals surface area (Å²) in [4.78, 5) is 13.6. The second kappa shape index (κ2) is 13.3. The zero-order valence-electron chi connectivity index (χ0n) is 20.7. The van der Waals surface area contributed by atoms with Crippen LogP contribution in [-0.2, 0) is 6.54 Å². The Balaban J connectivity index is 1.70. The number of hydrogen-bond acceptors (Lipinski definition) is 3. The Hall–Kier alpha value is -4.89. The van der Waals surface area contributed by atoms with Gasteiger partial charge in [-0.2, -0.15) is 0 Å². The van der Waals surface area contributed by atoms with E-state index in [9.17, 15) is 0 Å². The van der Waals surface area contributed by atoms with Crippen LogP contribution in [0.3, 0.4) is 0 Å². The lowest BCUT2D eigenvalue weighted by atomic mass is 10.0. The van der Waals surface area contributed by atoms with E-state index in [1.807, 2.05) is 73.0 Å². The molecular formula is C34H29N3. The minimum atomic E-state index is 0.570. The van der Waals surface area contributed by atoms with Gasteiger partial charge in [0.2, 0.25) is 0 Å². The number of benzene rings is 3. The van der Waals surface area contributed by atoms with Gasteiger partial charge >= 0.3 is 0 Å². The first kappa shape index (κ1) is 25.2. The first-order valence-corrected chi connectivity index (χ1v) is 12.1. The predicted molar refractivity (Wildman–Crippen MR) is 159 cm³/mol. The fourth-order valence-electron chi connectivity index (χ4n) is 3.80. The monoisotopic (exact) mass is 479 g/mol. The number of pyridine rings is 1. The molecule has 3 aromatic carbocycles. The van der Waals surface area contributed by atoms with Gasteiger partial charge in [0.15, 0.2) is 0 Å². The van der Waals surface area contributed by atoms with Crippen LogP contribution in [0.4, 0.5) is 0 Å². The number of aromatic nitrogens is 1. The summed E-state index contributed by atoms with van der Waals surface area (Å²) in [5, 5.41) is 0. The number of hydrogen-bond donors (Lipinski definition) is 0. The van der Waals surface area contributed by atoms with Gasteiger partial charge in [-0.25, -0.2) is 0 Å². The summed E-state index contributed by atoms with van der Waals surface area (Å²) in [6.45, 7) is 8.12. The van der Waals surface area contributed by atoms with Crippen LogP contribution in [0.5, 0.6) is 0 Å². The minimum absolute atomic E-state index is 0.570. The first-order valence-electron chi connectivity index (χ1n) is 12.1. The summed E-state index contributed by atoms with van der Waals surface area (Å²) in [6.07, 6.45) is 15.3. The average molecular weight is 480 g/mol. The molecule has 0 N–H and O–H groups in total. The summed E-state index contributed by atoms with van der Waals surface area (Å²) in [7, 11) is 0. The molecule has 0 amide bonds. The standard InChI is InChI=1S/C34H29N3/c1-3-4-5-7-12-27-18-20-29(21-19-27)34(37-25-28-13-8-6-9-14-28)24-33(35-2)31-16-10-15-30(23-31)32-17-11-22-36-26-32/h3-24,26H,1-2,25H2/b5-4-,12-7+,33-24-,37-34+. The smallest absolute Gasteiger partial charge is 0.0716 e. The number of rotatable bonds is 10. The molecule has 0 radical (unpaired) electrons. The molecule has 1 aromatic heterocycles. The van der Waals surface area contributed by atoms with Crippen LogP contribution in [0.25, 0.3) is 22.9 Å². The van der Waals surface area contributed by atoms with Crippen molar-refractivity contribution in [2.45, 2.75) is 6.54 Å². The van der Waals surface area contributed by atoms with E-state index in [-0.39, 0.29) is 0 Å². The highest BCUT2D eigenvalue weighted by Gasteiger charge is 2.07. The van der Waals surface area contributed by atoms with Crippen LogP contribution in [0.2, 0.25) is 0 Å². The molecule has 37 heavy (non-hydrogen) atoms. The molecule has 3 heteroatoms. The van der Waals surface area contributed by atoms with E-state index >= 15 is 0 Å². The Kier molecular flexibility index (Phi) is 9.04. The highest BCUT2D eigenvalue weighted by atomic mass is 14.8. The third-order valence-electron chi connectivity index (χ3n) is 5.73. The van der Waals surface area contributed by atoms with E-state index in [0.29, 0.717) is 6.54 Å². The topological polar surface area (TPSA) is 37.6 Å². The Morgan fingerprint density at radius 1 is 0.784 bits per heavy atom. The zero-order chi connectivity index (χ0) is 25.7. The molecule has 0 spiro atoms. The van der Waals surface area contributed by atoms with Gasteiger partial charge < -0.3 is 0 Å². The Morgan fingerprint density at radius 2 is 1.59 bits per heavy atom. The molecule has 0 fully saturated rings. The quantitative estimate of drug-likeness (QED) is 0.167. The molecule has 0 unspecified atom stereocenters. The normalized spacial score (nSPS) is 12.2. The SMILES string of the molecule is C=C/C=C\C=C\c1ccc(C(/C=C(\N=C)c2cccc(-c3cccnc3)c2)=N/Cc2ccccc2)cc1. The largest absolute Gasteiger partial charge is 0.280 e. The molecule has 0 atom stereocenters. The van der Waals surface area contributed by atoms with Crippen LogP contribution >= 0.6 is 0 Å². The average Bonchev–Trinajstić information content (AvgIpc) is 2.97. The second-order valence-corrected chi connectivity index (χ2v) is 8.30. The van der Waals surface area contributed by atoms with Crippen molar-refractivity contribution in [1.29, 1.82) is 0 Å². The van der Waals surface area contributed by atoms with Gasteiger partial charge in [0.1, 0.15) is 0 Å². The highest BCUT2D eigenvalue weighted by molar-refractivity contribution is 6.12. The molecule has 0 aliphatic rings. The van der Waals surface area contributed by atoms with Crippen LogP contribution in [-0.4, -0.2) is 17.4 Å². The van der Waals surface area contributed by atoms with Crippen molar-refractivity contribution in [2.75, 3.05) is 0 Å². The van der Waals surface area contributed by atoms with Gasteiger partial charge in [-0.3, -0.25) is 15.0 Å². The van der Waals surface area contributed by atoms with Crippen LogP contribution < -0.4 is 0 Å². The summed E-state index contributed by atoms with van der Waals surface area (Å²) in [5.74, 6) is 0. The fraction of sp³-hybridized carbons (Fsp3) is 0.0294. The van der Waals surface area contributed by atoms with Gasteiger partial charge in [-0.15, -0.1) is 0 Å².